The van der Waals surface area contributed by atoms with E-state index in [0.29, 0.717) is 5.04 Å². The summed E-state index contributed by atoms with van der Waals surface area (Å²) in [7, 11) is 1.34. The Balaban J connectivity index is 3.71. The molecule has 0 heterocycles. The van der Waals surface area contributed by atoms with Crippen molar-refractivity contribution in [2.24, 2.45) is 0 Å². The van der Waals surface area contributed by atoms with Gasteiger partial charge in [0.05, 0.1) is 0 Å². The molecule has 0 aromatic carbocycles. The molecule has 0 bridgehead atoms. The number of rotatable bonds is 2. The van der Waals surface area contributed by atoms with Gasteiger partial charge >= 0.3 is 0 Å². The molecule has 0 saturated heterocycles. The lowest BCUT2D eigenvalue weighted by Crippen LogP contribution is -2.19. The third-order valence-corrected chi connectivity index (χ3v) is 7.77. The maximum atomic E-state index is 2.41. The first kappa shape index (κ1) is 8.43. The van der Waals surface area contributed by atoms with Crippen molar-refractivity contribution in [3.63, 3.8) is 0 Å². The summed E-state index contributed by atoms with van der Waals surface area (Å²) in [6.45, 7) is 9.60. The Hall–Kier alpha value is 0.434. The number of hydrogen-bond acceptors (Lipinski definition) is 0. The highest BCUT2D eigenvalue weighted by Gasteiger charge is 2.20. The molecule has 49 valence electrons. The summed E-state index contributed by atoms with van der Waals surface area (Å²) in [4.78, 5) is 0. The molecule has 0 nitrogen and oxygen atoms in total. The summed E-state index contributed by atoms with van der Waals surface area (Å²) in [5.41, 5.74) is 0. The predicted octanol–water partition coefficient (Wildman–Crippen LogP) is 1.30. The highest BCUT2D eigenvalue weighted by molar-refractivity contribution is 6.60. The van der Waals surface area contributed by atoms with E-state index in [-0.39, 0.29) is 8.80 Å². The van der Waals surface area contributed by atoms with Gasteiger partial charge in [0, 0.05) is 19.0 Å². The van der Waals surface area contributed by atoms with Gasteiger partial charge in [-0.2, -0.15) is 0 Å². The maximum Gasteiger partial charge on any atom is 0.0470 e. The van der Waals surface area contributed by atoms with Crippen LogP contribution in [0, 0.1) is 0 Å². The van der Waals surface area contributed by atoms with Gasteiger partial charge in [0.1, 0.15) is 0 Å². The SMILES string of the molecule is C[Si](C)C(C)(C)C[SiH3]. The van der Waals surface area contributed by atoms with Crippen LogP contribution in [-0.4, -0.2) is 19.0 Å². The van der Waals surface area contributed by atoms with Crippen LogP contribution >= 0.6 is 0 Å². The minimum atomic E-state index is -0.0270. The second-order valence-electron chi connectivity index (χ2n) is 3.24. The van der Waals surface area contributed by atoms with E-state index >= 15 is 0 Å². The second kappa shape index (κ2) is 2.83. The van der Waals surface area contributed by atoms with Gasteiger partial charge < -0.3 is 0 Å². The Bertz CT molecular complexity index is 66.9. The summed E-state index contributed by atoms with van der Waals surface area (Å²) in [5.74, 6) is 0. The molecule has 0 aromatic rings. The van der Waals surface area contributed by atoms with Crippen molar-refractivity contribution in [2.45, 2.75) is 38.0 Å². The molecule has 0 amide bonds. The fourth-order valence-corrected chi connectivity index (χ4v) is 3.18. The van der Waals surface area contributed by atoms with Gasteiger partial charge in [0.25, 0.3) is 0 Å². The lowest BCUT2D eigenvalue weighted by molar-refractivity contribution is 0.740. The second-order valence-corrected chi connectivity index (χ2v) is 7.30. The molecule has 0 unspecified atom stereocenters. The van der Waals surface area contributed by atoms with Crippen LogP contribution < -0.4 is 0 Å². The van der Waals surface area contributed by atoms with Crippen LogP contribution in [0.4, 0.5) is 0 Å². The molecule has 0 rings (SSSR count). The van der Waals surface area contributed by atoms with Crippen molar-refractivity contribution in [1.29, 1.82) is 0 Å². The lowest BCUT2D eigenvalue weighted by Gasteiger charge is -2.25. The molecule has 0 spiro atoms. The van der Waals surface area contributed by atoms with Gasteiger partial charge in [-0.25, -0.2) is 0 Å². The van der Waals surface area contributed by atoms with Gasteiger partial charge in [-0.15, -0.1) is 0 Å². The highest BCUT2D eigenvalue weighted by atomic mass is 28.3. The zero-order valence-electron chi connectivity index (χ0n) is 6.71. The normalized spacial score (nSPS) is 13.1. The van der Waals surface area contributed by atoms with Crippen molar-refractivity contribution < 1.29 is 0 Å². The molecular weight excluding hydrogens is 128 g/mol. The van der Waals surface area contributed by atoms with Crippen LogP contribution in [-0.2, 0) is 0 Å². The molecule has 1 radical (unpaired) electrons. The smallest absolute Gasteiger partial charge is 0.0470 e. The molecule has 0 aliphatic rings. The van der Waals surface area contributed by atoms with Crippen LogP contribution in [0.2, 0.25) is 24.2 Å². The molecule has 0 saturated carbocycles. The summed E-state index contributed by atoms with van der Waals surface area (Å²) in [6.07, 6.45) is 0. The van der Waals surface area contributed by atoms with Gasteiger partial charge in [0.2, 0.25) is 0 Å². The highest BCUT2D eigenvalue weighted by Crippen LogP contribution is 2.31. The molecular formula is C6H17Si2. The van der Waals surface area contributed by atoms with E-state index in [4.69, 9.17) is 0 Å². The quantitative estimate of drug-likeness (QED) is 0.514. The fraction of sp³-hybridized carbons (Fsp3) is 1.00. The molecule has 0 aliphatic heterocycles. The molecule has 2 heteroatoms. The zero-order valence-corrected chi connectivity index (χ0v) is 9.71. The Morgan fingerprint density at radius 1 is 1.38 bits per heavy atom. The molecule has 0 aromatic heterocycles. The van der Waals surface area contributed by atoms with Crippen molar-refractivity contribution in [1.82, 2.24) is 0 Å². The molecule has 0 atom stereocenters. The molecule has 0 fully saturated rings. The van der Waals surface area contributed by atoms with Crippen LogP contribution in [0.1, 0.15) is 13.8 Å². The first-order chi connectivity index (χ1) is 3.50. The first-order valence-corrected chi connectivity index (χ1v) is 7.22. The molecule has 0 N–H and O–H groups in total. The third-order valence-electron chi connectivity index (χ3n) is 2.24. The van der Waals surface area contributed by atoms with E-state index in [1.165, 1.54) is 16.3 Å². The Kier molecular flexibility index (Phi) is 2.98. The van der Waals surface area contributed by atoms with Crippen LogP contribution in [0.3, 0.4) is 0 Å². The van der Waals surface area contributed by atoms with Crippen LogP contribution in [0.15, 0.2) is 0 Å². The van der Waals surface area contributed by atoms with E-state index in [1.54, 1.807) is 0 Å². The fourth-order valence-electron chi connectivity index (χ4n) is 0.354. The zero-order chi connectivity index (χ0) is 6.78. The third kappa shape index (κ3) is 2.13. The summed E-state index contributed by atoms with van der Waals surface area (Å²) in [6, 6.07) is 1.47. The van der Waals surface area contributed by atoms with E-state index in [9.17, 15) is 0 Å². The van der Waals surface area contributed by atoms with Crippen molar-refractivity contribution >= 4 is 19.0 Å². The van der Waals surface area contributed by atoms with Crippen LogP contribution in [0.5, 0.6) is 0 Å². The monoisotopic (exact) mass is 145 g/mol. The van der Waals surface area contributed by atoms with E-state index in [0.717, 1.165) is 0 Å². The minimum absolute atomic E-state index is 0.0270. The summed E-state index contributed by atoms with van der Waals surface area (Å²) in [5, 5.41) is 0.705. The van der Waals surface area contributed by atoms with Gasteiger partial charge in [-0.1, -0.05) is 33.0 Å². The van der Waals surface area contributed by atoms with Gasteiger partial charge in [-0.05, 0) is 5.04 Å². The predicted molar refractivity (Wildman–Crippen MR) is 46.3 cm³/mol. The van der Waals surface area contributed by atoms with Crippen LogP contribution in [0.25, 0.3) is 0 Å². The Morgan fingerprint density at radius 2 is 1.75 bits per heavy atom. The Labute approximate surface area is 57.7 Å². The average molecular weight is 145 g/mol. The van der Waals surface area contributed by atoms with E-state index < -0.39 is 0 Å². The van der Waals surface area contributed by atoms with Gasteiger partial charge in [0.15, 0.2) is 0 Å². The van der Waals surface area contributed by atoms with Crippen molar-refractivity contribution in [2.75, 3.05) is 0 Å². The number of hydrogen-bond donors (Lipinski definition) is 0. The first-order valence-electron chi connectivity index (χ1n) is 3.31. The summed E-state index contributed by atoms with van der Waals surface area (Å²) < 4.78 is 0. The van der Waals surface area contributed by atoms with Crippen molar-refractivity contribution in [3.05, 3.63) is 0 Å². The lowest BCUT2D eigenvalue weighted by atomic mass is 10.2. The largest absolute Gasteiger partial charge is 0.0709 e. The topological polar surface area (TPSA) is 0 Å². The standard InChI is InChI=1S/C6H17Si2/c1-6(2,5-7)8(3)4/h5H2,1-4,7H3. The van der Waals surface area contributed by atoms with Crippen molar-refractivity contribution in [3.8, 4) is 0 Å². The Morgan fingerprint density at radius 3 is 1.75 bits per heavy atom. The molecule has 0 aliphatic carbocycles. The van der Waals surface area contributed by atoms with E-state index in [2.05, 4.69) is 26.9 Å². The molecule has 8 heavy (non-hydrogen) atoms. The summed E-state index contributed by atoms with van der Waals surface area (Å²) >= 11 is 0. The average Bonchev–Trinajstić information content (AvgIpc) is 1.67. The maximum absolute atomic E-state index is 2.41. The minimum Gasteiger partial charge on any atom is -0.0709 e. The van der Waals surface area contributed by atoms with Gasteiger partial charge in [-0.3, -0.25) is 0 Å². The van der Waals surface area contributed by atoms with E-state index in [1.807, 2.05) is 0 Å².